The number of aliphatic imine (C=N–C) groups is 1. The zero-order valence-corrected chi connectivity index (χ0v) is 6.02. The first kappa shape index (κ1) is 6.78. The maximum Gasteiger partial charge on any atom is 0.128 e. The van der Waals surface area contributed by atoms with Gasteiger partial charge < -0.3 is 5.73 Å². The Hall–Kier alpha value is -0.340. The van der Waals surface area contributed by atoms with Crippen LogP contribution in [0.5, 0.6) is 0 Å². The second kappa shape index (κ2) is 2.50. The molecular formula is C6H9ClN2. The van der Waals surface area contributed by atoms with Gasteiger partial charge in [0.25, 0.3) is 0 Å². The quantitative estimate of drug-likeness (QED) is 0.546. The largest absolute Gasteiger partial charge is 0.309 e. The lowest BCUT2D eigenvalue weighted by Gasteiger charge is -2.10. The van der Waals surface area contributed by atoms with Gasteiger partial charge in [0, 0.05) is 6.42 Å². The number of hydrogen-bond donors (Lipinski definition) is 1. The van der Waals surface area contributed by atoms with Crippen LogP contribution in [0, 0.1) is 0 Å². The number of hydrogen-bond acceptors (Lipinski definition) is 2. The van der Waals surface area contributed by atoms with Gasteiger partial charge in [0.05, 0.1) is 0 Å². The van der Waals surface area contributed by atoms with E-state index in [4.69, 9.17) is 17.3 Å². The van der Waals surface area contributed by atoms with Gasteiger partial charge in [0.2, 0.25) is 0 Å². The Bertz CT molecular complexity index is 172. The summed E-state index contributed by atoms with van der Waals surface area (Å²) in [5.74, 6) is 0. The molecule has 2 nitrogen and oxygen atoms in total. The van der Waals surface area contributed by atoms with Gasteiger partial charge in [-0.15, -0.1) is 0 Å². The molecule has 1 atom stereocenters. The van der Waals surface area contributed by atoms with E-state index in [9.17, 15) is 0 Å². The van der Waals surface area contributed by atoms with Gasteiger partial charge in [-0.25, -0.2) is 0 Å². The van der Waals surface area contributed by atoms with Crippen LogP contribution in [0.15, 0.2) is 16.6 Å². The maximum atomic E-state index is 5.66. The number of nitrogens with zero attached hydrogens (tertiary/aromatic N) is 1. The molecule has 0 aliphatic carbocycles. The Morgan fingerprint density at radius 3 is 3.00 bits per heavy atom. The summed E-state index contributed by atoms with van der Waals surface area (Å²) in [6.07, 6.45) is 2.68. The zero-order valence-electron chi connectivity index (χ0n) is 5.26. The van der Waals surface area contributed by atoms with E-state index in [2.05, 4.69) is 4.99 Å². The van der Waals surface area contributed by atoms with Crippen molar-refractivity contribution in [1.29, 1.82) is 0 Å². The van der Waals surface area contributed by atoms with Gasteiger partial charge in [-0.05, 0) is 12.5 Å². The molecule has 1 rings (SSSR count). The summed E-state index contributed by atoms with van der Waals surface area (Å²) in [6, 6.07) is 0. The Labute approximate surface area is 59.4 Å². The molecule has 0 aromatic heterocycles. The summed E-state index contributed by atoms with van der Waals surface area (Å²) >= 11 is 5.66. The molecule has 3 heteroatoms. The van der Waals surface area contributed by atoms with E-state index in [1.165, 1.54) is 0 Å². The monoisotopic (exact) mass is 144 g/mol. The lowest BCUT2D eigenvalue weighted by molar-refractivity contribution is 0.714. The van der Waals surface area contributed by atoms with Crippen LogP contribution >= 0.6 is 11.6 Å². The predicted molar refractivity (Wildman–Crippen MR) is 39.6 cm³/mol. The van der Waals surface area contributed by atoms with Crippen molar-refractivity contribution in [3.63, 3.8) is 0 Å². The molecule has 50 valence electrons. The average molecular weight is 145 g/mol. The van der Waals surface area contributed by atoms with E-state index in [1.807, 2.05) is 13.0 Å². The zero-order chi connectivity index (χ0) is 6.85. The van der Waals surface area contributed by atoms with Crippen molar-refractivity contribution in [3.8, 4) is 0 Å². The third kappa shape index (κ3) is 1.53. The number of rotatable bonds is 0. The molecular weight excluding hydrogens is 136 g/mol. The van der Waals surface area contributed by atoms with Gasteiger partial charge in [0.1, 0.15) is 11.3 Å². The second-order valence-electron chi connectivity index (χ2n) is 2.11. The van der Waals surface area contributed by atoms with Crippen LogP contribution in [0.1, 0.15) is 13.3 Å². The van der Waals surface area contributed by atoms with Crippen LogP contribution in [0.4, 0.5) is 0 Å². The van der Waals surface area contributed by atoms with E-state index < -0.39 is 0 Å². The van der Waals surface area contributed by atoms with Gasteiger partial charge in [0.15, 0.2) is 0 Å². The standard InChI is InChI=1S/C6H9ClN2/c1-4-2-3-5(8)9-6(4)7/h2,5H,3,8H2,1H3. The van der Waals surface area contributed by atoms with Gasteiger partial charge in [-0.2, -0.15) is 0 Å². The highest BCUT2D eigenvalue weighted by Gasteiger charge is 2.07. The minimum atomic E-state index is -0.124. The van der Waals surface area contributed by atoms with Gasteiger partial charge in [-0.3, -0.25) is 4.99 Å². The predicted octanol–water partition coefficient (Wildman–Crippen LogP) is 1.26. The van der Waals surface area contributed by atoms with Gasteiger partial charge >= 0.3 is 0 Å². The van der Waals surface area contributed by atoms with Crippen molar-refractivity contribution in [2.45, 2.75) is 19.5 Å². The third-order valence-corrected chi connectivity index (χ3v) is 1.67. The van der Waals surface area contributed by atoms with Crippen molar-refractivity contribution < 1.29 is 0 Å². The van der Waals surface area contributed by atoms with E-state index in [-0.39, 0.29) is 6.17 Å². The van der Waals surface area contributed by atoms with Crippen molar-refractivity contribution >= 4 is 16.8 Å². The lowest BCUT2D eigenvalue weighted by atomic mass is 10.2. The Morgan fingerprint density at radius 2 is 2.56 bits per heavy atom. The number of allylic oxidation sites excluding steroid dienone is 1. The third-order valence-electron chi connectivity index (χ3n) is 1.27. The second-order valence-corrected chi connectivity index (χ2v) is 2.47. The summed E-state index contributed by atoms with van der Waals surface area (Å²) in [5, 5.41) is 0.550. The molecule has 1 unspecified atom stereocenters. The van der Waals surface area contributed by atoms with Crippen LogP contribution in [0.25, 0.3) is 0 Å². The molecule has 0 saturated heterocycles. The minimum Gasteiger partial charge on any atom is -0.309 e. The minimum absolute atomic E-state index is 0.124. The SMILES string of the molecule is CC1=CCC(N)N=C1Cl. The van der Waals surface area contributed by atoms with E-state index in [0.717, 1.165) is 12.0 Å². The molecule has 0 amide bonds. The topological polar surface area (TPSA) is 38.4 Å². The molecule has 0 saturated carbocycles. The van der Waals surface area contributed by atoms with Crippen LogP contribution in [-0.2, 0) is 0 Å². The van der Waals surface area contributed by atoms with Crippen molar-refractivity contribution in [2.24, 2.45) is 10.7 Å². The summed E-state index contributed by atoms with van der Waals surface area (Å²) < 4.78 is 0. The molecule has 2 N–H and O–H groups in total. The molecule has 1 aliphatic heterocycles. The number of nitrogens with two attached hydrogens (primary N) is 1. The summed E-state index contributed by atoms with van der Waals surface area (Å²) in [4.78, 5) is 3.96. The van der Waals surface area contributed by atoms with E-state index >= 15 is 0 Å². The molecule has 0 radical (unpaired) electrons. The first-order valence-corrected chi connectivity index (χ1v) is 3.24. The summed E-state index contributed by atoms with van der Waals surface area (Å²) in [6.45, 7) is 1.93. The normalized spacial score (nSPS) is 27.2. The molecule has 9 heavy (non-hydrogen) atoms. The molecule has 0 fully saturated rings. The summed E-state index contributed by atoms with van der Waals surface area (Å²) in [7, 11) is 0. The fourth-order valence-electron chi connectivity index (χ4n) is 0.682. The maximum absolute atomic E-state index is 5.66. The molecule has 0 spiro atoms. The Morgan fingerprint density at radius 1 is 1.89 bits per heavy atom. The van der Waals surface area contributed by atoms with Crippen molar-refractivity contribution in [3.05, 3.63) is 11.6 Å². The van der Waals surface area contributed by atoms with E-state index in [1.54, 1.807) is 0 Å². The van der Waals surface area contributed by atoms with Crippen molar-refractivity contribution in [1.82, 2.24) is 0 Å². The molecule has 0 aromatic carbocycles. The fraction of sp³-hybridized carbons (Fsp3) is 0.500. The van der Waals surface area contributed by atoms with E-state index in [0.29, 0.717) is 5.17 Å². The molecule has 0 aromatic rings. The van der Waals surface area contributed by atoms with Crippen LogP contribution in [-0.4, -0.2) is 11.3 Å². The highest BCUT2D eigenvalue weighted by Crippen LogP contribution is 2.11. The highest BCUT2D eigenvalue weighted by atomic mass is 35.5. The fourth-order valence-corrected chi connectivity index (χ4v) is 0.884. The average Bonchev–Trinajstić information content (AvgIpc) is 1.80. The van der Waals surface area contributed by atoms with Crippen molar-refractivity contribution in [2.75, 3.05) is 0 Å². The molecule has 0 bridgehead atoms. The molecule has 1 heterocycles. The van der Waals surface area contributed by atoms with Gasteiger partial charge in [-0.1, -0.05) is 17.7 Å². The first-order chi connectivity index (χ1) is 4.20. The summed E-state index contributed by atoms with van der Waals surface area (Å²) in [5.41, 5.74) is 6.50. The van der Waals surface area contributed by atoms with Crippen LogP contribution in [0.3, 0.4) is 0 Å². The lowest BCUT2D eigenvalue weighted by Crippen LogP contribution is -2.20. The number of halogens is 1. The van der Waals surface area contributed by atoms with Crippen LogP contribution < -0.4 is 5.73 Å². The Kier molecular flexibility index (Phi) is 1.88. The first-order valence-electron chi connectivity index (χ1n) is 2.86. The number of dihydropyridines is 1. The smallest absolute Gasteiger partial charge is 0.128 e. The highest BCUT2D eigenvalue weighted by molar-refractivity contribution is 6.69. The molecule has 1 aliphatic rings. The van der Waals surface area contributed by atoms with Crippen LogP contribution in [0.2, 0.25) is 0 Å². The Balaban J connectivity index is 2.75.